The Labute approximate surface area is 131 Å². The number of hydrogen-bond acceptors (Lipinski definition) is 5. The molecule has 0 radical (unpaired) electrons. The Bertz CT molecular complexity index is 515. The van der Waals surface area contributed by atoms with Gasteiger partial charge in [-0.1, -0.05) is 0 Å². The van der Waals surface area contributed by atoms with E-state index < -0.39 is 5.97 Å². The summed E-state index contributed by atoms with van der Waals surface area (Å²) in [6.45, 7) is 12.0. The van der Waals surface area contributed by atoms with Gasteiger partial charge in [0.25, 0.3) is 0 Å². The van der Waals surface area contributed by atoms with Crippen LogP contribution < -0.4 is 0 Å². The number of aromatic nitrogens is 2. The SMILES string of the molecule is [CH2+]C(=O)CCCn1cc(C(=O)OCC)c(COC(C)(C)C)n1. The molecule has 0 saturated heterocycles. The molecule has 1 heterocycles. The quantitative estimate of drug-likeness (QED) is 0.545. The molecule has 1 aromatic heterocycles. The molecule has 0 saturated carbocycles. The summed E-state index contributed by atoms with van der Waals surface area (Å²) in [5.41, 5.74) is 0.636. The molecular weight excluding hydrogens is 284 g/mol. The van der Waals surface area contributed by atoms with E-state index in [0.29, 0.717) is 37.3 Å². The van der Waals surface area contributed by atoms with Gasteiger partial charge >= 0.3 is 11.8 Å². The van der Waals surface area contributed by atoms with Crippen LogP contribution in [0.4, 0.5) is 0 Å². The van der Waals surface area contributed by atoms with Crippen molar-refractivity contribution >= 4 is 11.8 Å². The van der Waals surface area contributed by atoms with Crippen molar-refractivity contribution in [2.45, 2.75) is 59.3 Å². The summed E-state index contributed by atoms with van der Waals surface area (Å²) < 4.78 is 12.4. The van der Waals surface area contributed by atoms with Crippen LogP contribution in [0.5, 0.6) is 0 Å². The van der Waals surface area contributed by atoms with E-state index in [1.807, 2.05) is 20.8 Å². The molecule has 0 aliphatic heterocycles. The third kappa shape index (κ3) is 6.30. The van der Waals surface area contributed by atoms with Crippen LogP contribution in [0.3, 0.4) is 0 Å². The van der Waals surface area contributed by atoms with Gasteiger partial charge in [-0.15, -0.1) is 0 Å². The number of hydrogen-bond donors (Lipinski definition) is 0. The van der Waals surface area contributed by atoms with Crippen molar-refractivity contribution in [1.82, 2.24) is 9.78 Å². The van der Waals surface area contributed by atoms with E-state index in [1.54, 1.807) is 17.8 Å². The summed E-state index contributed by atoms with van der Waals surface area (Å²) in [6, 6.07) is 0. The number of carbonyl (C=O) groups excluding carboxylic acids is 2. The van der Waals surface area contributed by atoms with Crippen LogP contribution in [0.15, 0.2) is 6.20 Å². The highest BCUT2D eigenvalue weighted by molar-refractivity contribution is 5.90. The number of aryl methyl sites for hydroxylation is 1. The van der Waals surface area contributed by atoms with Crippen molar-refractivity contribution in [1.29, 1.82) is 0 Å². The maximum absolute atomic E-state index is 12.0. The summed E-state index contributed by atoms with van der Waals surface area (Å²) in [4.78, 5) is 22.9. The van der Waals surface area contributed by atoms with Crippen molar-refractivity contribution in [3.8, 4) is 0 Å². The van der Waals surface area contributed by atoms with Crippen LogP contribution in [0.2, 0.25) is 0 Å². The number of ether oxygens (including phenoxy) is 2. The van der Waals surface area contributed by atoms with Gasteiger partial charge in [0, 0.05) is 12.7 Å². The lowest BCUT2D eigenvalue weighted by Crippen LogP contribution is -2.20. The molecule has 1 rings (SSSR count). The second kappa shape index (κ2) is 7.98. The molecule has 6 heteroatoms. The molecule has 0 bridgehead atoms. The number of Topliss-reactive ketones (excluding diaryl/α,β-unsaturated/α-hetero) is 1. The largest absolute Gasteiger partial charge is 0.462 e. The Morgan fingerprint density at radius 2 is 2.05 bits per heavy atom. The Hall–Kier alpha value is -1.82. The second-order valence-corrected chi connectivity index (χ2v) is 6.02. The molecule has 0 N–H and O–H groups in total. The Balaban J connectivity index is 2.83. The van der Waals surface area contributed by atoms with Crippen LogP contribution in [0.25, 0.3) is 0 Å². The molecule has 0 atom stereocenters. The lowest BCUT2D eigenvalue weighted by atomic mass is 10.2. The van der Waals surface area contributed by atoms with Crippen molar-refractivity contribution in [3.63, 3.8) is 0 Å². The van der Waals surface area contributed by atoms with Gasteiger partial charge in [0.2, 0.25) is 0 Å². The maximum atomic E-state index is 12.0. The second-order valence-electron chi connectivity index (χ2n) is 6.02. The van der Waals surface area contributed by atoms with Crippen molar-refractivity contribution < 1.29 is 19.1 Å². The lowest BCUT2D eigenvalue weighted by Gasteiger charge is -2.18. The molecule has 0 fully saturated rings. The first-order valence-electron chi connectivity index (χ1n) is 7.45. The molecular formula is C16H25N2O4+. The number of rotatable bonds is 8. The van der Waals surface area contributed by atoms with Crippen molar-refractivity contribution in [2.75, 3.05) is 6.61 Å². The van der Waals surface area contributed by atoms with E-state index in [2.05, 4.69) is 12.0 Å². The van der Waals surface area contributed by atoms with Gasteiger partial charge in [-0.2, -0.15) is 5.10 Å². The van der Waals surface area contributed by atoms with E-state index in [1.165, 1.54) is 0 Å². The van der Waals surface area contributed by atoms with Gasteiger partial charge in [0.05, 0.1) is 25.2 Å². The van der Waals surface area contributed by atoms with Gasteiger partial charge in [-0.05, 0) is 34.1 Å². The van der Waals surface area contributed by atoms with E-state index in [9.17, 15) is 9.59 Å². The van der Waals surface area contributed by atoms with Gasteiger partial charge in [0.15, 0.2) is 0 Å². The fourth-order valence-electron chi connectivity index (χ4n) is 1.78. The number of ketones is 1. The average molecular weight is 309 g/mol. The maximum Gasteiger partial charge on any atom is 0.341 e. The van der Waals surface area contributed by atoms with E-state index in [0.717, 1.165) is 0 Å². The normalized spacial score (nSPS) is 11.5. The highest BCUT2D eigenvalue weighted by Crippen LogP contribution is 2.15. The number of nitrogens with zero attached hydrogens (tertiary/aromatic N) is 2. The van der Waals surface area contributed by atoms with Gasteiger partial charge < -0.3 is 9.47 Å². The molecule has 0 spiro atoms. The molecule has 6 nitrogen and oxygen atoms in total. The fourth-order valence-corrected chi connectivity index (χ4v) is 1.78. The summed E-state index contributed by atoms with van der Waals surface area (Å²) in [5.74, 6) is -0.511. The molecule has 0 amide bonds. The molecule has 0 aliphatic carbocycles. The molecule has 0 unspecified atom stereocenters. The van der Waals surface area contributed by atoms with Crippen LogP contribution >= 0.6 is 0 Å². The molecule has 0 aromatic carbocycles. The fraction of sp³-hybridized carbons (Fsp3) is 0.625. The van der Waals surface area contributed by atoms with Gasteiger partial charge in [0.1, 0.15) is 18.2 Å². The summed E-state index contributed by atoms with van der Waals surface area (Å²) in [5, 5.41) is 4.37. The van der Waals surface area contributed by atoms with Gasteiger partial charge in [-0.3, -0.25) is 4.68 Å². The standard InChI is InChI=1S/C16H25N2O4/c1-6-21-15(20)13-10-18(9-7-8-12(2)19)17-14(13)11-22-16(3,4)5/h10H,2,6-9,11H2,1,3-5H3/q+1. The van der Waals surface area contributed by atoms with E-state index in [-0.39, 0.29) is 18.0 Å². The van der Waals surface area contributed by atoms with Crippen LogP contribution in [0, 0.1) is 6.92 Å². The summed E-state index contributed by atoms with van der Waals surface area (Å²) in [6.07, 6.45) is 2.67. The zero-order valence-corrected chi connectivity index (χ0v) is 13.8. The first-order chi connectivity index (χ1) is 10.2. The minimum absolute atomic E-state index is 0.103. The molecule has 22 heavy (non-hydrogen) atoms. The van der Waals surface area contributed by atoms with E-state index in [4.69, 9.17) is 9.47 Å². The third-order valence-electron chi connectivity index (χ3n) is 2.82. The number of carbonyl (C=O) groups is 2. The summed E-state index contributed by atoms with van der Waals surface area (Å²) >= 11 is 0. The minimum Gasteiger partial charge on any atom is -0.462 e. The van der Waals surface area contributed by atoms with Gasteiger partial charge in [-0.25, -0.2) is 9.59 Å². The molecule has 1 aromatic rings. The average Bonchev–Trinajstić information content (AvgIpc) is 2.79. The highest BCUT2D eigenvalue weighted by Gasteiger charge is 2.20. The van der Waals surface area contributed by atoms with E-state index >= 15 is 0 Å². The predicted molar refractivity (Wildman–Crippen MR) is 82.3 cm³/mol. The minimum atomic E-state index is -0.408. The first-order valence-corrected chi connectivity index (χ1v) is 7.45. The Kier molecular flexibility index (Phi) is 6.61. The Morgan fingerprint density at radius 1 is 1.36 bits per heavy atom. The van der Waals surface area contributed by atoms with Crippen LogP contribution in [-0.4, -0.2) is 33.7 Å². The highest BCUT2D eigenvalue weighted by atomic mass is 16.5. The van der Waals surface area contributed by atoms with Crippen molar-refractivity contribution in [2.24, 2.45) is 0 Å². The van der Waals surface area contributed by atoms with Crippen LogP contribution in [0.1, 0.15) is 56.6 Å². The topological polar surface area (TPSA) is 70.4 Å². The monoisotopic (exact) mass is 309 g/mol. The first kappa shape index (κ1) is 18.2. The third-order valence-corrected chi connectivity index (χ3v) is 2.82. The zero-order valence-electron chi connectivity index (χ0n) is 13.8. The van der Waals surface area contributed by atoms with Crippen molar-refractivity contribution in [3.05, 3.63) is 24.4 Å². The molecule has 0 aliphatic rings. The smallest absolute Gasteiger partial charge is 0.341 e. The molecule has 122 valence electrons. The van der Waals surface area contributed by atoms with Crippen LogP contribution in [-0.2, 0) is 27.4 Å². The predicted octanol–water partition coefficient (Wildman–Crippen LogP) is 2.56. The lowest BCUT2D eigenvalue weighted by molar-refractivity contribution is -0.115. The Morgan fingerprint density at radius 3 is 2.59 bits per heavy atom. The summed E-state index contributed by atoms with van der Waals surface area (Å²) in [7, 11) is 0. The zero-order chi connectivity index (χ0) is 16.8. The number of esters is 1.